The SMILES string of the molecule is CN1CCC2(CCC(CCN3CCN(C(=O)C4CCCCC4)CC3)CC2)CC1. The molecule has 0 radical (unpaired) electrons. The molecule has 0 N–H and O–H groups in total. The lowest BCUT2D eigenvalue weighted by molar-refractivity contribution is -0.138. The molecule has 0 bridgehead atoms. The fourth-order valence-corrected chi connectivity index (χ4v) is 6.34. The van der Waals surface area contributed by atoms with Crippen molar-refractivity contribution < 1.29 is 4.79 Å². The molecule has 2 aliphatic heterocycles. The first-order chi connectivity index (χ1) is 13.6. The van der Waals surface area contributed by atoms with E-state index >= 15 is 0 Å². The van der Waals surface area contributed by atoms with E-state index in [9.17, 15) is 4.79 Å². The smallest absolute Gasteiger partial charge is 0.225 e. The Bertz CT molecular complexity index is 490. The molecule has 4 fully saturated rings. The normalized spacial score (nSPS) is 28.7. The average Bonchev–Trinajstić information content (AvgIpc) is 2.76. The van der Waals surface area contributed by atoms with Gasteiger partial charge in [0.1, 0.15) is 0 Å². The molecule has 2 saturated carbocycles. The van der Waals surface area contributed by atoms with Crippen LogP contribution in [0.15, 0.2) is 0 Å². The van der Waals surface area contributed by atoms with Crippen molar-refractivity contribution in [2.75, 3.05) is 52.9 Å². The molecule has 2 aliphatic carbocycles. The summed E-state index contributed by atoms with van der Waals surface area (Å²) in [4.78, 5) is 20.1. The van der Waals surface area contributed by atoms with Gasteiger partial charge in [-0.3, -0.25) is 9.69 Å². The first-order valence-electron chi connectivity index (χ1n) is 12.3. The highest BCUT2D eigenvalue weighted by Crippen LogP contribution is 2.46. The molecule has 4 aliphatic rings. The lowest BCUT2D eigenvalue weighted by Gasteiger charge is -2.45. The predicted molar refractivity (Wildman–Crippen MR) is 115 cm³/mol. The van der Waals surface area contributed by atoms with Crippen LogP contribution < -0.4 is 0 Å². The molecule has 2 heterocycles. The zero-order chi connectivity index (χ0) is 19.4. The topological polar surface area (TPSA) is 26.8 Å². The quantitative estimate of drug-likeness (QED) is 0.727. The second kappa shape index (κ2) is 9.47. The van der Waals surface area contributed by atoms with Gasteiger partial charge >= 0.3 is 0 Å². The average molecular weight is 390 g/mol. The lowest BCUT2D eigenvalue weighted by Crippen LogP contribution is -2.50. The second-order valence-electron chi connectivity index (χ2n) is 10.5. The van der Waals surface area contributed by atoms with Gasteiger partial charge in [0.2, 0.25) is 5.91 Å². The maximum Gasteiger partial charge on any atom is 0.225 e. The number of nitrogens with zero attached hydrogens (tertiary/aromatic N) is 3. The minimum absolute atomic E-state index is 0.342. The van der Waals surface area contributed by atoms with Crippen LogP contribution in [0.4, 0.5) is 0 Å². The zero-order valence-corrected chi connectivity index (χ0v) is 18.3. The van der Waals surface area contributed by atoms with Crippen LogP contribution >= 0.6 is 0 Å². The van der Waals surface area contributed by atoms with Crippen LogP contribution in [0, 0.1) is 17.3 Å². The van der Waals surface area contributed by atoms with Crippen LogP contribution in [0.5, 0.6) is 0 Å². The van der Waals surface area contributed by atoms with Gasteiger partial charge in [-0.1, -0.05) is 19.3 Å². The third kappa shape index (κ3) is 5.11. The molecule has 0 aromatic rings. The van der Waals surface area contributed by atoms with E-state index in [1.54, 1.807) is 0 Å². The van der Waals surface area contributed by atoms with Gasteiger partial charge in [-0.15, -0.1) is 0 Å². The fourth-order valence-electron chi connectivity index (χ4n) is 6.34. The van der Waals surface area contributed by atoms with E-state index < -0.39 is 0 Å². The number of piperazine rings is 1. The minimum Gasteiger partial charge on any atom is -0.340 e. The first kappa shape index (κ1) is 20.7. The Balaban J connectivity index is 1.13. The third-order valence-electron chi connectivity index (χ3n) is 8.71. The largest absolute Gasteiger partial charge is 0.340 e. The number of piperidine rings is 1. The molecule has 4 nitrogen and oxygen atoms in total. The van der Waals surface area contributed by atoms with E-state index in [1.807, 2.05) is 0 Å². The van der Waals surface area contributed by atoms with Crippen LogP contribution in [-0.2, 0) is 4.79 Å². The molecule has 28 heavy (non-hydrogen) atoms. The Kier molecular flexibility index (Phi) is 6.98. The first-order valence-corrected chi connectivity index (χ1v) is 12.3. The maximum atomic E-state index is 12.7. The molecular formula is C24H43N3O. The molecule has 1 amide bonds. The number of carbonyl (C=O) groups excluding carboxylic acids is 1. The summed E-state index contributed by atoms with van der Waals surface area (Å²) in [7, 11) is 2.28. The van der Waals surface area contributed by atoms with Gasteiger partial charge in [0.15, 0.2) is 0 Å². The molecule has 0 atom stereocenters. The molecule has 1 spiro atoms. The third-order valence-corrected chi connectivity index (χ3v) is 8.71. The van der Waals surface area contributed by atoms with E-state index in [0.717, 1.165) is 44.9 Å². The summed E-state index contributed by atoms with van der Waals surface area (Å²) in [5.74, 6) is 1.76. The maximum absolute atomic E-state index is 12.7. The summed E-state index contributed by atoms with van der Waals surface area (Å²) >= 11 is 0. The Morgan fingerprint density at radius 2 is 1.46 bits per heavy atom. The highest BCUT2D eigenvalue weighted by Gasteiger charge is 2.37. The summed E-state index contributed by atoms with van der Waals surface area (Å²) in [6, 6.07) is 0. The van der Waals surface area contributed by atoms with Crippen LogP contribution in [0.2, 0.25) is 0 Å². The monoisotopic (exact) mass is 389 g/mol. The van der Waals surface area contributed by atoms with Gasteiger partial charge in [-0.05, 0) is 95.8 Å². The fraction of sp³-hybridized carbons (Fsp3) is 0.958. The summed E-state index contributed by atoms with van der Waals surface area (Å²) in [5.41, 5.74) is 0.702. The number of hydrogen-bond acceptors (Lipinski definition) is 3. The Morgan fingerprint density at radius 1 is 0.821 bits per heavy atom. The van der Waals surface area contributed by atoms with Gasteiger partial charge in [0, 0.05) is 32.1 Å². The van der Waals surface area contributed by atoms with Crippen LogP contribution in [-0.4, -0.2) is 73.5 Å². The van der Waals surface area contributed by atoms with Gasteiger partial charge in [0.25, 0.3) is 0 Å². The van der Waals surface area contributed by atoms with Gasteiger partial charge in [-0.25, -0.2) is 0 Å². The molecule has 2 saturated heterocycles. The van der Waals surface area contributed by atoms with Crippen molar-refractivity contribution in [2.45, 2.75) is 77.0 Å². The van der Waals surface area contributed by atoms with Gasteiger partial charge in [0.05, 0.1) is 0 Å². The molecule has 0 aromatic heterocycles. The number of rotatable bonds is 4. The lowest BCUT2D eigenvalue weighted by atomic mass is 9.65. The van der Waals surface area contributed by atoms with Crippen molar-refractivity contribution in [2.24, 2.45) is 17.3 Å². The molecule has 4 heteroatoms. The number of hydrogen-bond donors (Lipinski definition) is 0. The van der Waals surface area contributed by atoms with Gasteiger partial charge < -0.3 is 9.80 Å². The van der Waals surface area contributed by atoms with E-state index in [4.69, 9.17) is 0 Å². The van der Waals surface area contributed by atoms with Gasteiger partial charge in [-0.2, -0.15) is 0 Å². The van der Waals surface area contributed by atoms with Crippen LogP contribution in [0.1, 0.15) is 77.0 Å². The minimum atomic E-state index is 0.342. The summed E-state index contributed by atoms with van der Waals surface area (Å²) < 4.78 is 0. The number of likely N-dealkylation sites (tertiary alicyclic amines) is 1. The molecule has 0 aromatic carbocycles. The van der Waals surface area contributed by atoms with Crippen molar-refractivity contribution in [1.82, 2.24) is 14.7 Å². The number of amides is 1. The van der Waals surface area contributed by atoms with E-state index in [2.05, 4.69) is 21.7 Å². The second-order valence-corrected chi connectivity index (χ2v) is 10.5. The summed E-state index contributed by atoms with van der Waals surface area (Å²) in [6.07, 6.45) is 16.3. The summed E-state index contributed by atoms with van der Waals surface area (Å²) in [6.45, 7) is 8.02. The number of carbonyl (C=O) groups is 1. The highest BCUT2D eigenvalue weighted by molar-refractivity contribution is 5.79. The predicted octanol–water partition coefficient (Wildman–Crippen LogP) is 4.00. The molecule has 160 valence electrons. The van der Waals surface area contributed by atoms with E-state index in [1.165, 1.54) is 83.8 Å². The highest BCUT2D eigenvalue weighted by atomic mass is 16.2. The zero-order valence-electron chi connectivity index (χ0n) is 18.3. The Hall–Kier alpha value is -0.610. The van der Waals surface area contributed by atoms with Crippen LogP contribution in [0.25, 0.3) is 0 Å². The van der Waals surface area contributed by atoms with Crippen LogP contribution in [0.3, 0.4) is 0 Å². The van der Waals surface area contributed by atoms with Crippen molar-refractivity contribution in [3.63, 3.8) is 0 Å². The van der Waals surface area contributed by atoms with Crippen molar-refractivity contribution >= 4 is 5.91 Å². The standard InChI is InChI=1S/C24H43N3O/c1-25-15-12-24(13-16-25)10-7-21(8-11-24)9-14-26-17-19-27(20-18-26)23(28)22-5-3-2-4-6-22/h21-22H,2-20H2,1H3. The van der Waals surface area contributed by atoms with Crippen molar-refractivity contribution in [1.29, 1.82) is 0 Å². The van der Waals surface area contributed by atoms with Crippen molar-refractivity contribution in [3.05, 3.63) is 0 Å². The van der Waals surface area contributed by atoms with E-state index in [-0.39, 0.29) is 0 Å². The molecular weight excluding hydrogens is 346 g/mol. The Morgan fingerprint density at radius 3 is 2.11 bits per heavy atom. The summed E-state index contributed by atoms with van der Waals surface area (Å²) in [5, 5.41) is 0. The molecule has 4 rings (SSSR count). The Labute approximate surface area is 173 Å². The van der Waals surface area contributed by atoms with Crippen molar-refractivity contribution in [3.8, 4) is 0 Å². The van der Waals surface area contributed by atoms with E-state index in [0.29, 0.717) is 17.2 Å². The molecule has 0 unspecified atom stereocenters.